The highest BCUT2D eigenvalue weighted by molar-refractivity contribution is 5.48. The number of rotatable bonds is 8. The van der Waals surface area contributed by atoms with Gasteiger partial charge in [-0.2, -0.15) is 0 Å². The molecular weight excluding hydrogens is 254 g/mol. The second-order valence-electron chi connectivity index (χ2n) is 5.08. The third-order valence-corrected chi connectivity index (χ3v) is 3.39. The lowest BCUT2D eigenvalue weighted by Gasteiger charge is -2.15. The molecule has 2 rings (SSSR count). The van der Waals surface area contributed by atoms with E-state index < -0.39 is 0 Å². The molecule has 0 saturated carbocycles. The van der Waals surface area contributed by atoms with E-state index in [2.05, 4.69) is 29.1 Å². The lowest BCUT2D eigenvalue weighted by molar-refractivity contribution is 0.0679. The fraction of sp³-hybridized carbons (Fsp3) is 0.733. The van der Waals surface area contributed by atoms with E-state index in [4.69, 9.17) is 9.47 Å². The Morgan fingerprint density at radius 3 is 3.05 bits per heavy atom. The van der Waals surface area contributed by atoms with Crippen LogP contribution in [0.25, 0.3) is 0 Å². The number of hydrogen-bond donors (Lipinski definition) is 1. The van der Waals surface area contributed by atoms with Gasteiger partial charge in [-0.15, -0.1) is 0 Å². The van der Waals surface area contributed by atoms with Gasteiger partial charge in [0.1, 0.15) is 12.4 Å². The Balaban J connectivity index is 1.96. The predicted molar refractivity (Wildman–Crippen MR) is 79.3 cm³/mol. The normalized spacial score (nSPS) is 18.2. The van der Waals surface area contributed by atoms with Gasteiger partial charge in [-0.3, -0.25) is 0 Å². The Kier molecular flexibility index (Phi) is 6.05. The molecule has 0 bridgehead atoms. The zero-order valence-corrected chi connectivity index (χ0v) is 12.5. The second kappa shape index (κ2) is 8.04. The van der Waals surface area contributed by atoms with Gasteiger partial charge in [-0.05, 0) is 19.3 Å². The molecule has 2 heterocycles. The quantitative estimate of drug-likeness (QED) is 0.742. The van der Waals surface area contributed by atoms with Crippen molar-refractivity contribution in [3.63, 3.8) is 0 Å². The standard InChI is InChI=1S/C15H25N3O2/c1-3-5-8-16-15-13(10-17-14(4-2)18-15)20-11-12-7-6-9-19-12/h10,12H,3-9,11H2,1-2H3,(H,16,17,18). The van der Waals surface area contributed by atoms with Gasteiger partial charge >= 0.3 is 0 Å². The number of aryl methyl sites for hydroxylation is 1. The number of aromatic nitrogens is 2. The van der Waals surface area contributed by atoms with Gasteiger partial charge in [-0.1, -0.05) is 20.3 Å². The van der Waals surface area contributed by atoms with E-state index in [0.717, 1.165) is 62.6 Å². The number of hydrogen-bond acceptors (Lipinski definition) is 5. The summed E-state index contributed by atoms with van der Waals surface area (Å²) in [5.74, 6) is 2.38. The Labute approximate surface area is 121 Å². The SMILES string of the molecule is CCCCNc1nc(CC)ncc1OCC1CCCO1. The first kappa shape index (κ1) is 15.0. The molecule has 1 aliphatic heterocycles. The zero-order valence-electron chi connectivity index (χ0n) is 12.5. The molecule has 20 heavy (non-hydrogen) atoms. The van der Waals surface area contributed by atoms with E-state index in [1.54, 1.807) is 6.20 Å². The first-order valence-corrected chi connectivity index (χ1v) is 7.67. The van der Waals surface area contributed by atoms with Gasteiger partial charge in [0.15, 0.2) is 11.6 Å². The molecular formula is C15H25N3O2. The fourth-order valence-electron chi connectivity index (χ4n) is 2.15. The number of nitrogens with zero attached hydrogens (tertiary/aromatic N) is 2. The molecule has 0 spiro atoms. The Morgan fingerprint density at radius 1 is 1.45 bits per heavy atom. The van der Waals surface area contributed by atoms with Gasteiger partial charge in [0.2, 0.25) is 0 Å². The van der Waals surface area contributed by atoms with Crippen molar-refractivity contribution in [1.82, 2.24) is 9.97 Å². The maximum atomic E-state index is 5.84. The monoisotopic (exact) mass is 279 g/mol. The van der Waals surface area contributed by atoms with Gasteiger partial charge in [0, 0.05) is 19.6 Å². The van der Waals surface area contributed by atoms with Crippen molar-refractivity contribution in [2.45, 2.75) is 52.1 Å². The molecule has 1 aliphatic rings. The summed E-state index contributed by atoms with van der Waals surface area (Å²) < 4.78 is 11.4. The van der Waals surface area contributed by atoms with Crippen molar-refractivity contribution in [3.8, 4) is 5.75 Å². The summed E-state index contributed by atoms with van der Waals surface area (Å²) in [5.41, 5.74) is 0. The van der Waals surface area contributed by atoms with Crippen LogP contribution in [-0.4, -0.2) is 35.8 Å². The van der Waals surface area contributed by atoms with Crippen LogP contribution in [-0.2, 0) is 11.2 Å². The zero-order chi connectivity index (χ0) is 14.2. The summed E-state index contributed by atoms with van der Waals surface area (Å²) >= 11 is 0. The molecule has 1 unspecified atom stereocenters. The van der Waals surface area contributed by atoms with Crippen LogP contribution in [0.5, 0.6) is 5.75 Å². The molecule has 1 N–H and O–H groups in total. The van der Waals surface area contributed by atoms with Gasteiger partial charge in [0.05, 0.1) is 12.3 Å². The third kappa shape index (κ3) is 4.34. The number of unbranched alkanes of at least 4 members (excludes halogenated alkanes) is 1. The van der Waals surface area contributed by atoms with Crippen LogP contribution < -0.4 is 10.1 Å². The van der Waals surface area contributed by atoms with Crippen molar-refractivity contribution in [2.75, 3.05) is 25.1 Å². The largest absolute Gasteiger partial charge is 0.485 e. The maximum absolute atomic E-state index is 5.84. The van der Waals surface area contributed by atoms with E-state index in [9.17, 15) is 0 Å². The summed E-state index contributed by atoms with van der Waals surface area (Å²) in [6.45, 7) is 6.57. The van der Waals surface area contributed by atoms with Gasteiger partial charge in [0.25, 0.3) is 0 Å². The van der Waals surface area contributed by atoms with Crippen molar-refractivity contribution < 1.29 is 9.47 Å². The highest BCUT2D eigenvalue weighted by Gasteiger charge is 2.17. The summed E-state index contributed by atoms with van der Waals surface area (Å²) in [6, 6.07) is 0. The molecule has 0 amide bonds. The smallest absolute Gasteiger partial charge is 0.179 e. The minimum Gasteiger partial charge on any atom is -0.485 e. The Bertz CT molecular complexity index is 406. The molecule has 112 valence electrons. The highest BCUT2D eigenvalue weighted by Crippen LogP contribution is 2.23. The Morgan fingerprint density at radius 2 is 2.35 bits per heavy atom. The molecule has 0 radical (unpaired) electrons. The fourth-order valence-corrected chi connectivity index (χ4v) is 2.15. The van der Waals surface area contributed by atoms with E-state index in [1.165, 1.54) is 0 Å². The van der Waals surface area contributed by atoms with E-state index in [1.807, 2.05) is 0 Å². The number of anilines is 1. The molecule has 0 aliphatic carbocycles. The van der Waals surface area contributed by atoms with Crippen molar-refractivity contribution in [1.29, 1.82) is 0 Å². The molecule has 1 saturated heterocycles. The highest BCUT2D eigenvalue weighted by atomic mass is 16.5. The van der Waals surface area contributed by atoms with E-state index in [-0.39, 0.29) is 6.10 Å². The molecule has 5 heteroatoms. The van der Waals surface area contributed by atoms with E-state index in [0.29, 0.717) is 6.61 Å². The molecule has 1 fully saturated rings. The average molecular weight is 279 g/mol. The van der Waals surface area contributed by atoms with Gasteiger partial charge in [-0.25, -0.2) is 9.97 Å². The van der Waals surface area contributed by atoms with Crippen LogP contribution in [0, 0.1) is 0 Å². The predicted octanol–water partition coefficient (Wildman–Crippen LogP) is 2.81. The van der Waals surface area contributed by atoms with Crippen LogP contribution in [0.2, 0.25) is 0 Å². The summed E-state index contributed by atoms with van der Waals surface area (Å²) in [5, 5.41) is 3.35. The van der Waals surface area contributed by atoms with Crippen LogP contribution in [0.15, 0.2) is 6.20 Å². The Hall–Kier alpha value is -1.36. The van der Waals surface area contributed by atoms with Crippen molar-refractivity contribution in [3.05, 3.63) is 12.0 Å². The first-order chi connectivity index (χ1) is 9.83. The minimum absolute atomic E-state index is 0.212. The molecule has 1 atom stereocenters. The minimum atomic E-state index is 0.212. The summed E-state index contributed by atoms with van der Waals surface area (Å²) in [4.78, 5) is 8.83. The van der Waals surface area contributed by atoms with Crippen molar-refractivity contribution >= 4 is 5.82 Å². The van der Waals surface area contributed by atoms with Crippen LogP contribution in [0.3, 0.4) is 0 Å². The lowest BCUT2D eigenvalue weighted by Crippen LogP contribution is -2.18. The number of nitrogens with one attached hydrogen (secondary N) is 1. The third-order valence-electron chi connectivity index (χ3n) is 3.39. The molecule has 1 aromatic rings. The number of ether oxygens (including phenoxy) is 2. The second-order valence-corrected chi connectivity index (χ2v) is 5.08. The average Bonchev–Trinajstić information content (AvgIpc) is 2.99. The van der Waals surface area contributed by atoms with Crippen LogP contribution >= 0.6 is 0 Å². The van der Waals surface area contributed by atoms with Crippen molar-refractivity contribution in [2.24, 2.45) is 0 Å². The topological polar surface area (TPSA) is 56.3 Å². The maximum Gasteiger partial charge on any atom is 0.179 e. The summed E-state index contributed by atoms with van der Waals surface area (Å²) in [7, 11) is 0. The molecule has 1 aromatic heterocycles. The van der Waals surface area contributed by atoms with Gasteiger partial charge < -0.3 is 14.8 Å². The summed E-state index contributed by atoms with van der Waals surface area (Å²) in [6.07, 6.45) is 7.29. The lowest BCUT2D eigenvalue weighted by atomic mass is 10.2. The van der Waals surface area contributed by atoms with Crippen LogP contribution in [0.4, 0.5) is 5.82 Å². The molecule has 5 nitrogen and oxygen atoms in total. The first-order valence-electron chi connectivity index (χ1n) is 7.67. The van der Waals surface area contributed by atoms with E-state index >= 15 is 0 Å². The van der Waals surface area contributed by atoms with Crippen LogP contribution in [0.1, 0.15) is 45.4 Å². The molecule has 0 aromatic carbocycles.